The molecule has 0 spiro atoms. The summed E-state index contributed by atoms with van der Waals surface area (Å²) in [6, 6.07) is 6.96. The molecule has 10 heteroatoms. The zero-order valence-corrected chi connectivity index (χ0v) is 23.1. The molecule has 0 radical (unpaired) electrons. The minimum atomic E-state index is -0.365. The van der Waals surface area contributed by atoms with Gasteiger partial charge < -0.3 is 24.5 Å². The molecule has 1 aromatic carbocycles. The maximum absolute atomic E-state index is 13.4. The van der Waals surface area contributed by atoms with Crippen molar-refractivity contribution in [2.24, 2.45) is 11.8 Å². The van der Waals surface area contributed by atoms with Gasteiger partial charge in [-0.05, 0) is 36.5 Å². The van der Waals surface area contributed by atoms with Crippen molar-refractivity contribution < 1.29 is 23.5 Å². The van der Waals surface area contributed by atoms with E-state index in [1.165, 1.54) is 12.5 Å². The highest BCUT2D eigenvalue weighted by Crippen LogP contribution is 2.39. The zero-order valence-electron chi connectivity index (χ0n) is 23.1. The van der Waals surface area contributed by atoms with Crippen LogP contribution in [0.2, 0.25) is 0 Å². The largest absolute Gasteiger partial charge is 0.496 e. The molecule has 2 heterocycles. The van der Waals surface area contributed by atoms with Gasteiger partial charge in [-0.15, -0.1) is 0 Å². The first kappa shape index (κ1) is 28.7. The number of carbonyl (C=O) groups is 2. The number of amides is 2. The maximum Gasteiger partial charge on any atom is 0.272 e. The van der Waals surface area contributed by atoms with E-state index in [9.17, 15) is 9.59 Å². The number of oxazole rings is 1. The van der Waals surface area contributed by atoms with Crippen LogP contribution in [0.4, 0.5) is 0 Å². The number of hydrogen-bond donors (Lipinski definition) is 2. The molecule has 0 saturated heterocycles. The highest BCUT2D eigenvalue weighted by Gasteiger charge is 2.25. The fourth-order valence-corrected chi connectivity index (χ4v) is 4.23. The van der Waals surface area contributed by atoms with E-state index in [0.717, 1.165) is 17.7 Å². The first-order valence-corrected chi connectivity index (χ1v) is 13.0. The average Bonchev–Trinajstić information content (AvgIpc) is 3.56. The molecular weight excluding hydrogens is 486 g/mol. The smallest absolute Gasteiger partial charge is 0.272 e. The summed E-state index contributed by atoms with van der Waals surface area (Å²) in [5.41, 5.74) is 1.73. The Hall–Kier alpha value is -3.82. The van der Waals surface area contributed by atoms with Crippen molar-refractivity contribution in [1.82, 2.24) is 25.4 Å². The first-order chi connectivity index (χ1) is 18.2. The van der Waals surface area contributed by atoms with Crippen molar-refractivity contribution in [2.75, 3.05) is 14.2 Å². The van der Waals surface area contributed by atoms with Crippen molar-refractivity contribution in [3.8, 4) is 22.8 Å². The third-order valence-electron chi connectivity index (χ3n) is 6.32. The van der Waals surface area contributed by atoms with Crippen LogP contribution in [0.3, 0.4) is 0 Å². The number of rotatable bonds is 14. The van der Waals surface area contributed by atoms with Crippen LogP contribution < -0.4 is 20.1 Å². The molecule has 2 N–H and O–H groups in total. The number of carbonyl (C=O) groups excluding carboxylic acids is 2. The van der Waals surface area contributed by atoms with Gasteiger partial charge in [-0.2, -0.15) is 5.10 Å². The van der Waals surface area contributed by atoms with Crippen LogP contribution in [0, 0.1) is 11.8 Å². The Morgan fingerprint density at radius 2 is 1.84 bits per heavy atom. The highest BCUT2D eigenvalue weighted by atomic mass is 16.5. The Labute approximate surface area is 224 Å². The molecule has 206 valence electrons. The summed E-state index contributed by atoms with van der Waals surface area (Å²) in [6.45, 7) is 9.18. The van der Waals surface area contributed by atoms with E-state index in [0.29, 0.717) is 36.3 Å². The fourth-order valence-electron chi connectivity index (χ4n) is 4.23. The summed E-state index contributed by atoms with van der Waals surface area (Å²) in [5.74, 6) is 1.76. The Morgan fingerprint density at radius 1 is 1.13 bits per heavy atom. The minimum absolute atomic E-state index is 0.130. The molecular formula is C28H39N5O5. The maximum atomic E-state index is 13.4. The van der Waals surface area contributed by atoms with Crippen molar-refractivity contribution in [2.45, 2.75) is 66.1 Å². The van der Waals surface area contributed by atoms with Crippen LogP contribution in [-0.4, -0.2) is 46.8 Å². The molecule has 2 atom stereocenters. The second kappa shape index (κ2) is 13.6. The van der Waals surface area contributed by atoms with Crippen molar-refractivity contribution in [3.05, 3.63) is 48.3 Å². The highest BCUT2D eigenvalue weighted by molar-refractivity contribution is 5.94. The van der Waals surface area contributed by atoms with E-state index >= 15 is 0 Å². The monoisotopic (exact) mass is 525 g/mol. The SMILES string of the molecule is CCC(C)Cn1nc(C(=O)NC(CC(=O)NCc2ncco2)CC(C)C)cc1-c1c(OC)cccc1OC. The van der Waals surface area contributed by atoms with Gasteiger partial charge in [0, 0.05) is 19.0 Å². The summed E-state index contributed by atoms with van der Waals surface area (Å²) < 4.78 is 18.3. The van der Waals surface area contributed by atoms with Gasteiger partial charge >= 0.3 is 0 Å². The summed E-state index contributed by atoms with van der Waals surface area (Å²) >= 11 is 0. The molecule has 38 heavy (non-hydrogen) atoms. The number of nitrogens with one attached hydrogen (secondary N) is 2. The number of aromatic nitrogens is 3. The lowest BCUT2D eigenvalue weighted by molar-refractivity contribution is -0.121. The van der Waals surface area contributed by atoms with Gasteiger partial charge in [0.2, 0.25) is 11.8 Å². The number of ether oxygens (including phenoxy) is 2. The molecule has 3 rings (SSSR count). The van der Waals surface area contributed by atoms with E-state index in [-0.39, 0.29) is 42.4 Å². The van der Waals surface area contributed by atoms with Crippen LogP contribution in [0.5, 0.6) is 11.5 Å². The Kier molecular flexibility index (Phi) is 10.3. The van der Waals surface area contributed by atoms with Gasteiger partial charge in [0.05, 0.1) is 38.2 Å². The molecule has 0 aliphatic carbocycles. The molecule has 2 unspecified atom stereocenters. The normalized spacial score (nSPS) is 12.7. The Bertz CT molecular complexity index is 1170. The van der Waals surface area contributed by atoms with Gasteiger partial charge in [-0.3, -0.25) is 14.3 Å². The second-order valence-corrected chi connectivity index (χ2v) is 9.85. The lowest BCUT2D eigenvalue weighted by Crippen LogP contribution is -2.40. The van der Waals surface area contributed by atoms with Gasteiger partial charge in [0.15, 0.2) is 5.69 Å². The molecule has 0 fully saturated rings. The van der Waals surface area contributed by atoms with E-state index in [1.807, 2.05) is 22.9 Å². The quantitative estimate of drug-likeness (QED) is 0.319. The predicted octanol–water partition coefficient (Wildman–Crippen LogP) is 4.45. The third-order valence-corrected chi connectivity index (χ3v) is 6.32. The number of methoxy groups -OCH3 is 2. The number of hydrogen-bond acceptors (Lipinski definition) is 7. The van der Waals surface area contributed by atoms with E-state index in [4.69, 9.17) is 13.9 Å². The molecule has 10 nitrogen and oxygen atoms in total. The summed E-state index contributed by atoms with van der Waals surface area (Å²) in [7, 11) is 3.20. The van der Waals surface area contributed by atoms with Crippen LogP contribution in [0.1, 0.15) is 63.3 Å². The predicted molar refractivity (Wildman–Crippen MR) is 144 cm³/mol. The fraction of sp³-hybridized carbons (Fsp3) is 0.500. The van der Waals surface area contributed by atoms with Crippen LogP contribution >= 0.6 is 0 Å². The molecule has 0 saturated carbocycles. The van der Waals surface area contributed by atoms with Gasteiger partial charge in [-0.25, -0.2) is 4.98 Å². The van der Waals surface area contributed by atoms with Crippen molar-refractivity contribution >= 4 is 11.8 Å². The molecule has 3 aromatic rings. The van der Waals surface area contributed by atoms with E-state index < -0.39 is 0 Å². The number of benzene rings is 1. The average molecular weight is 526 g/mol. The standard InChI is InChI=1S/C28H39N5O5/c1-7-19(4)17-33-22(27-23(36-5)9-8-10-24(27)37-6)15-21(32-33)28(35)31-20(13-18(2)3)14-25(34)30-16-26-29-11-12-38-26/h8-12,15,18-20H,7,13-14,16-17H2,1-6H3,(H,30,34)(H,31,35). The lowest BCUT2D eigenvalue weighted by atomic mass is 10.0. The summed E-state index contributed by atoms with van der Waals surface area (Å²) in [4.78, 5) is 30.0. The van der Waals surface area contributed by atoms with Crippen LogP contribution in [0.15, 0.2) is 41.1 Å². The molecule has 0 aliphatic rings. The topological polar surface area (TPSA) is 121 Å². The van der Waals surface area contributed by atoms with E-state index in [1.54, 1.807) is 20.3 Å². The first-order valence-electron chi connectivity index (χ1n) is 13.0. The molecule has 2 aromatic heterocycles. The van der Waals surface area contributed by atoms with Crippen LogP contribution in [-0.2, 0) is 17.9 Å². The summed E-state index contributed by atoms with van der Waals surface area (Å²) in [6.07, 6.45) is 4.71. The molecule has 0 bridgehead atoms. The van der Waals surface area contributed by atoms with Crippen LogP contribution in [0.25, 0.3) is 11.3 Å². The van der Waals surface area contributed by atoms with Gasteiger partial charge in [0.25, 0.3) is 5.91 Å². The molecule has 0 aliphatic heterocycles. The number of nitrogens with zero attached hydrogens (tertiary/aromatic N) is 3. The summed E-state index contributed by atoms with van der Waals surface area (Å²) in [5, 5.41) is 10.5. The Morgan fingerprint density at radius 3 is 2.42 bits per heavy atom. The lowest BCUT2D eigenvalue weighted by Gasteiger charge is -2.19. The zero-order chi connectivity index (χ0) is 27.7. The van der Waals surface area contributed by atoms with Crippen molar-refractivity contribution in [1.29, 1.82) is 0 Å². The Balaban J connectivity index is 1.85. The van der Waals surface area contributed by atoms with Gasteiger partial charge in [-0.1, -0.05) is 40.2 Å². The second-order valence-electron chi connectivity index (χ2n) is 9.85. The molecule has 2 amide bonds. The van der Waals surface area contributed by atoms with E-state index in [2.05, 4.69) is 48.4 Å². The minimum Gasteiger partial charge on any atom is -0.496 e. The third kappa shape index (κ3) is 7.60. The van der Waals surface area contributed by atoms with Crippen molar-refractivity contribution in [3.63, 3.8) is 0 Å². The van der Waals surface area contributed by atoms with Gasteiger partial charge in [0.1, 0.15) is 17.8 Å².